The van der Waals surface area contributed by atoms with Crippen molar-refractivity contribution in [2.45, 2.75) is 32.7 Å². The summed E-state index contributed by atoms with van der Waals surface area (Å²) < 4.78 is 26.7. The SMILES string of the molecule is Cc1c(Br)c(C(F)F)nn1CC(=O)NCCCC(=O)Cl. The van der Waals surface area contributed by atoms with Gasteiger partial charge in [0, 0.05) is 13.0 Å². The van der Waals surface area contributed by atoms with Gasteiger partial charge >= 0.3 is 0 Å². The lowest BCUT2D eigenvalue weighted by Crippen LogP contribution is -2.29. The van der Waals surface area contributed by atoms with E-state index in [1.165, 1.54) is 4.68 Å². The summed E-state index contributed by atoms with van der Waals surface area (Å²) in [6.45, 7) is 1.72. The predicted octanol–water partition coefficient (Wildman–Crippen LogP) is 2.55. The molecule has 0 aliphatic heterocycles. The number of amides is 1. The number of aromatic nitrogens is 2. The molecule has 0 aromatic carbocycles. The summed E-state index contributed by atoms with van der Waals surface area (Å²) >= 11 is 8.18. The van der Waals surface area contributed by atoms with Crippen molar-refractivity contribution >= 4 is 38.7 Å². The molecule has 0 aliphatic carbocycles. The van der Waals surface area contributed by atoms with Crippen LogP contribution in [0.15, 0.2) is 4.47 Å². The number of halogens is 4. The van der Waals surface area contributed by atoms with Gasteiger partial charge in [-0.15, -0.1) is 0 Å². The van der Waals surface area contributed by atoms with E-state index in [0.29, 0.717) is 18.7 Å². The second kappa shape index (κ2) is 7.68. The van der Waals surface area contributed by atoms with Crippen LogP contribution in [0.1, 0.15) is 30.7 Å². The lowest BCUT2D eigenvalue weighted by atomic mass is 10.3. The van der Waals surface area contributed by atoms with Crippen molar-refractivity contribution in [2.75, 3.05) is 6.54 Å². The van der Waals surface area contributed by atoms with E-state index in [-0.39, 0.29) is 29.0 Å². The fraction of sp³-hybridized carbons (Fsp3) is 0.545. The Balaban J connectivity index is 2.54. The van der Waals surface area contributed by atoms with Crippen LogP contribution in [0.5, 0.6) is 0 Å². The third-order valence-electron chi connectivity index (χ3n) is 2.53. The Labute approximate surface area is 127 Å². The van der Waals surface area contributed by atoms with Crippen molar-refractivity contribution in [1.29, 1.82) is 0 Å². The zero-order valence-corrected chi connectivity index (χ0v) is 13.0. The number of nitrogens with zero attached hydrogens (tertiary/aromatic N) is 2. The van der Waals surface area contributed by atoms with Gasteiger partial charge in [0.1, 0.15) is 12.2 Å². The van der Waals surface area contributed by atoms with E-state index in [9.17, 15) is 18.4 Å². The fourth-order valence-electron chi connectivity index (χ4n) is 1.49. The van der Waals surface area contributed by atoms with Gasteiger partial charge in [-0.05, 0) is 40.9 Å². The van der Waals surface area contributed by atoms with E-state index in [4.69, 9.17) is 11.6 Å². The number of hydrogen-bond donors (Lipinski definition) is 1. The molecule has 1 heterocycles. The van der Waals surface area contributed by atoms with E-state index < -0.39 is 11.7 Å². The monoisotopic (exact) mass is 371 g/mol. The Bertz CT molecular complexity index is 508. The van der Waals surface area contributed by atoms with E-state index >= 15 is 0 Å². The van der Waals surface area contributed by atoms with Gasteiger partial charge in [0.25, 0.3) is 6.43 Å². The quantitative estimate of drug-likeness (QED) is 0.591. The molecule has 0 aliphatic rings. The van der Waals surface area contributed by atoms with Gasteiger partial charge in [-0.2, -0.15) is 5.10 Å². The molecule has 1 aromatic heterocycles. The molecule has 9 heteroatoms. The minimum Gasteiger partial charge on any atom is -0.354 e. The molecule has 112 valence electrons. The summed E-state index contributed by atoms with van der Waals surface area (Å²) in [5.41, 5.74) is 0.0643. The minimum atomic E-state index is -2.71. The second-order valence-corrected chi connectivity index (χ2v) is 5.27. The van der Waals surface area contributed by atoms with Crippen LogP contribution < -0.4 is 5.32 Å². The number of alkyl halides is 2. The van der Waals surface area contributed by atoms with Crippen molar-refractivity contribution in [3.05, 3.63) is 15.9 Å². The molecule has 0 bridgehead atoms. The smallest absolute Gasteiger partial charge is 0.283 e. The van der Waals surface area contributed by atoms with Crippen LogP contribution in [0.4, 0.5) is 8.78 Å². The predicted molar refractivity (Wildman–Crippen MR) is 72.7 cm³/mol. The Morgan fingerprint density at radius 3 is 2.65 bits per heavy atom. The number of carbonyl (C=O) groups is 2. The molecule has 0 unspecified atom stereocenters. The zero-order valence-electron chi connectivity index (χ0n) is 10.6. The van der Waals surface area contributed by atoms with Crippen LogP contribution in [-0.4, -0.2) is 27.5 Å². The summed E-state index contributed by atoms with van der Waals surface area (Å²) in [6.07, 6.45) is -2.11. The van der Waals surface area contributed by atoms with Crippen molar-refractivity contribution < 1.29 is 18.4 Å². The summed E-state index contributed by atoms with van der Waals surface area (Å²) in [7, 11) is 0. The molecule has 1 N–H and O–H groups in total. The molecule has 5 nitrogen and oxygen atoms in total. The van der Waals surface area contributed by atoms with E-state index in [1.54, 1.807) is 6.92 Å². The van der Waals surface area contributed by atoms with Gasteiger partial charge in [0.05, 0.1) is 10.2 Å². The van der Waals surface area contributed by atoms with Gasteiger partial charge in [-0.3, -0.25) is 14.3 Å². The maximum absolute atomic E-state index is 12.6. The van der Waals surface area contributed by atoms with Gasteiger partial charge in [-0.1, -0.05) is 0 Å². The maximum atomic E-state index is 12.6. The standard InChI is InChI=1S/C11H13BrClF2N3O2/c1-6-9(12)10(11(14)15)17-18(6)5-8(20)16-4-2-3-7(13)19/h11H,2-5H2,1H3,(H,16,20). The number of rotatable bonds is 7. The first kappa shape index (κ1) is 17.0. The van der Waals surface area contributed by atoms with E-state index in [1.807, 2.05) is 0 Å². The van der Waals surface area contributed by atoms with Crippen molar-refractivity contribution in [3.63, 3.8) is 0 Å². The topological polar surface area (TPSA) is 64.0 Å². The molecule has 1 aromatic rings. The first-order valence-corrected chi connectivity index (χ1v) is 6.96. The molecule has 0 saturated carbocycles. The Morgan fingerprint density at radius 2 is 2.15 bits per heavy atom. The Hall–Kier alpha value is -1.02. The van der Waals surface area contributed by atoms with Crippen molar-refractivity contribution in [1.82, 2.24) is 15.1 Å². The molecular formula is C11H13BrClF2N3O2. The summed E-state index contributed by atoms with van der Waals surface area (Å²) in [5, 5.41) is 5.78. The summed E-state index contributed by atoms with van der Waals surface area (Å²) in [6, 6.07) is 0. The highest BCUT2D eigenvalue weighted by Crippen LogP contribution is 2.28. The molecular weight excluding hydrogens is 359 g/mol. The number of hydrogen-bond acceptors (Lipinski definition) is 3. The summed E-state index contributed by atoms with van der Waals surface area (Å²) in [5.74, 6) is -0.370. The molecule has 0 fully saturated rings. The molecule has 0 spiro atoms. The van der Waals surface area contributed by atoms with Crippen LogP contribution in [0.3, 0.4) is 0 Å². The largest absolute Gasteiger partial charge is 0.354 e. The highest BCUT2D eigenvalue weighted by atomic mass is 79.9. The summed E-state index contributed by atoms with van der Waals surface area (Å²) in [4.78, 5) is 22.1. The zero-order chi connectivity index (χ0) is 15.3. The van der Waals surface area contributed by atoms with Gasteiger partial charge in [0.15, 0.2) is 0 Å². The van der Waals surface area contributed by atoms with Crippen LogP contribution >= 0.6 is 27.5 Å². The van der Waals surface area contributed by atoms with Crippen LogP contribution in [-0.2, 0) is 16.1 Å². The first-order valence-electron chi connectivity index (χ1n) is 5.79. The molecule has 0 atom stereocenters. The minimum absolute atomic E-state index is 0.161. The third-order valence-corrected chi connectivity index (χ3v) is 3.70. The maximum Gasteiger partial charge on any atom is 0.283 e. The molecule has 0 radical (unpaired) electrons. The van der Waals surface area contributed by atoms with Crippen LogP contribution in [0.25, 0.3) is 0 Å². The lowest BCUT2D eigenvalue weighted by molar-refractivity contribution is -0.122. The second-order valence-electron chi connectivity index (χ2n) is 4.05. The fourth-order valence-corrected chi connectivity index (χ4v) is 2.08. The van der Waals surface area contributed by atoms with Gasteiger partial charge in [0.2, 0.25) is 11.1 Å². The van der Waals surface area contributed by atoms with Gasteiger partial charge in [-0.25, -0.2) is 8.78 Å². The highest BCUT2D eigenvalue weighted by Gasteiger charge is 2.20. The van der Waals surface area contributed by atoms with E-state index in [0.717, 1.165) is 0 Å². The van der Waals surface area contributed by atoms with Gasteiger partial charge < -0.3 is 5.32 Å². The molecule has 1 rings (SSSR count). The first-order chi connectivity index (χ1) is 9.32. The lowest BCUT2D eigenvalue weighted by Gasteiger charge is -2.06. The van der Waals surface area contributed by atoms with E-state index in [2.05, 4.69) is 26.3 Å². The normalized spacial score (nSPS) is 10.9. The molecule has 1 amide bonds. The number of carbonyl (C=O) groups excluding carboxylic acids is 2. The van der Waals surface area contributed by atoms with Crippen molar-refractivity contribution in [3.8, 4) is 0 Å². The van der Waals surface area contributed by atoms with Crippen molar-refractivity contribution in [2.24, 2.45) is 0 Å². The highest BCUT2D eigenvalue weighted by molar-refractivity contribution is 9.10. The third kappa shape index (κ3) is 4.82. The average Bonchev–Trinajstić information content (AvgIpc) is 2.63. The number of nitrogens with one attached hydrogen (secondary N) is 1. The Morgan fingerprint density at radius 1 is 1.50 bits per heavy atom. The molecule has 20 heavy (non-hydrogen) atoms. The van der Waals surface area contributed by atoms with Crippen LogP contribution in [0.2, 0.25) is 0 Å². The van der Waals surface area contributed by atoms with Crippen LogP contribution in [0, 0.1) is 6.92 Å². The Kier molecular flexibility index (Phi) is 6.54. The average molecular weight is 373 g/mol. The molecule has 0 saturated heterocycles.